The Balaban J connectivity index is -0.000000515. The van der Waals surface area contributed by atoms with E-state index >= 15 is 0 Å². The first-order chi connectivity index (χ1) is 15.2. The highest BCUT2D eigenvalue weighted by Gasteiger charge is 2.25. The first-order valence-electron chi connectivity index (χ1n) is 10.6. The van der Waals surface area contributed by atoms with E-state index in [0.29, 0.717) is 0 Å². The van der Waals surface area contributed by atoms with E-state index in [9.17, 15) is 14.4 Å². The highest BCUT2D eigenvalue weighted by atomic mass is 16.4. The molecule has 0 aliphatic rings. The van der Waals surface area contributed by atoms with Gasteiger partial charge in [0.1, 0.15) is 17.9 Å². The average molecular weight is 467 g/mol. The molecule has 0 aromatic carbocycles. The fourth-order valence-corrected chi connectivity index (χ4v) is 1.86. The molecule has 1 unspecified atom stereocenters. The number of ketones is 1. The molecule has 0 rings (SSSR count). The smallest absolute Gasteiger partial charge is 0.326 e. The fraction of sp³-hybridized carbons (Fsp3) is 0.560. The molecule has 0 fully saturated rings. The lowest BCUT2D eigenvalue weighted by molar-refractivity contribution is -0.142. The van der Waals surface area contributed by atoms with Gasteiger partial charge in [0.25, 0.3) is 0 Å². The monoisotopic (exact) mass is 466 g/mol. The highest BCUT2D eigenvalue weighted by molar-refractivity contribution is 5.87. The number of aliphatic hydroxyl groups is 2. The number of nitrogens with two attached hydrogens (primary N) is 1. The summed E-state index contributed by atoms with van der Waals surface area (Å²) in [5.41, 5.74) is 7.16. The van der Waals surface area contributed by atoms with Gasteiger partial charge in [0.15, 0.2) is 0 Å². The van der Waals surface area contributed by atoms with Crippen LogP contribution in [0, 0.1) is 23.4 Å². The normalized spacial score (nSPS) is 12.8. The molecule has 0 aromatic heterocycles. The fourth-order valence-electron chi connectivity index (χ4n) is 1.86. The van der Waals surface area contributed by atoms with E-state index in [1.54, 1.807) is 26.9 Å². The van der Waals surface area contributed by atoms with Gasteiger partial charge in [-0.3, -0.25) is 9.59 Å². The molecule has 8 heteroatoms. The predicted octanol–water partition coefficient (Wildman–Crippen LogP) is 2.94. The second-order valence-electron chi connectivity index (χ2n) is 8.07. The number of aliphatic hydroxyl groups excluding tert-OH is 2. The number of nitrogens with one attached hydrogen (secondary N) is 1. The Hall–Kier alpha value is -2.89. The van der Waals surface area contributed by atoms with Crippen molar-refractivity contribution in [2.75, 3.05) is 7.11 Å². The van der Waals surface area contributed by atoms with Gasteiger partial charge in [-0.15, -0.1) is 0 Å². The second kappa shape index (κ2) is 18.7. The van der Waals surface area contributed by atoms with Crippen LogP contribution in [0.1, 0.15) is 61.3 Å². The average Bonchev–Trinajstić information content (AvgIpc) is 2.77. The van der Waals surface area contributed by atoms with Crippen molar-refractivity contribution in [2.45, 2.75) is 73.4 Å². The van der Waals surface area contributed by atoms with Crippen LogP contribution in [-0.2, 0) is 14.4 Å². The van der Waals surface area contributed by atoms with Crippen molar-refractivity contribution in [1.29, 1.82) is 0 Å². The molecule has 0 saturated carbocycles. The zero-order chi connectivity index (χ0) is 26.8. The number of carboxylic acid groups (broad SMARTS) is 1. The lowest BCUT2D eigenvalue weighted by Gasteiger charge is -2.21. The van der Waals surface area contributed by atoms with Gasteiger partial charge in [-0.05, 0) is 52.5 Å². The molecule has 1 amide bonds. The number of hydrogen-bond donors (Lipinski definition) is 5. The van der Waals surface area contributed by atoms with Crippen molar-refractivity contribution in [3.05, 3.63) is 36.0 Å². The Bertz CT molecular complexity index is 755. The zero-order valence-corrected chi connectivity index (χ0v) is 21.2. The van der Waals surface area contributed by atoms with Crippen LogP contribution < -0.4 is 11.1 Å². The molecule has 6 N–H and O–H groups in total. The Morgan fingerprint density at radius 2 is 1.67 bits per heavy atom. The number of allylic oxidation sites excluding steroid dienone is 5. The van der Waals surface area contributed by atoms with Crippen LogP contribution in [0.4, 0.5) is 0 Å². The first-order valence-corrected chi connectivity index (χ1v) is 10.6. The molecule has 0 saturated heterocycles. The predicted molar refractivity (Wildman–Crippen MR) is 132 cm³/mol. The second-order valence-corrected chi connectivity index (χ2v) is 8.07. The van der Waals surface area contributed by atoms with Crippen molar-refractivity contribution in [3.8, 4) is 12.0 Å². The molecular weight excluding hydrogens is 424 g/mol. The molecule has 2 atom stereocenters. The van der Waals surface area contributed by atoms with Crippen LogP contribution in [0.2, 0.25) is 0 Å². The highest BCUT2D eigenvalue weighted by Crippen LogP contribution is 2.27. The molecule has 0 radical (unpaired) electrons. The number of aliphatic carboxylic acids is 1. The van der Waals surface area contributed by atoms with E-state index < -0.39 is 29.4 Å². The summed E-state index contributed by atoms with van der Waals surface area (Å²) in [6.07, 6.45) is 7.90. The minimum atomic E-state index is -1.14. The number of carbonyl (C=O) groups is 3. The topological polar surface area (TPSA) is 150 Å². The third kappa shape index (κ3) is 15.5. The third-order valence-electron chi connectivity index (χ3n) is 4.96. The molecule has 33 heavy (non-hydrogen) atoms. The molecule has 8 nitrogen and oxygen atoms in total. The van der Waals surface area contributed by atoms with Gasteiger partial charge in [0.2, 0.25) is 5.91 Å². The van der Waals surface area contributed by atoms with Gasteiger partial charge in [-0.1, -0.05) is 50.1 Å². The standard InChI is InChI=1S/C13H20O.C11H18N2O4.CH4O/c1-7-10(2)8-9-11(3)13(5,6)12(4)14;1-7(2)9(12)10(15)13-8(11(16)17)5-3-4-6-14;1-2/h7-9H,3H2,1-2,4-6H3;7-9,14H,3,5,12H2,1-2H3,(H,13,15)(H,16,17);2H,1H3/b9-8-,10-7-;;/t;8-,9?;/m.1./s1. The molecule has 0 aliphatic carbocycles. The summed E-state index contributed by atoms with van der Waals surface area (Å²) in [7, 11) is 1.00. The van der Waals surface area contributed by atoms with Crippen molar-refractivity contribution in [3.63, 3.8) is 0 Å². The molecule has 0 aliphatic heterocycles. The van der Waals surface area contributed by atoms with Gasteiger partial charge in [0, 0.05) is 18.9 Å². The van der Waals surface area contributed by atoms with E-state index in [4.69, 9.17) is 21.1 Å². The quantitative estimate of drug-likeness (QED) is 0.245. The SMILES string of the molecule is C=C(/C=C\C(C)=C/C)C(C)(C)C(C)=O.CC(C)C(N)C(=O)N[C@H](CCC#CO)C(=O)O.CO. The van der Waals surface area contributed by atoms with Crippen molar-refractivity contribution < 1.29 is 29.7 Å². The van der Waals surface area contributed by atoms with Gasteiger partial charge in [0.05, 0.1) is 6.04 Å². The Morgan fingerprint density at radius 3 is 2.03 bits per heavy atom. The maximum absolute atomic E-state index is 11.5. The molecule has 0 aromatic rings. The lowest BCUT2D eigenvalue weighted by atomic mass is 9.81. The van der Waals surface area contributed by atoms with Gasteiger partial charge in [-0.2, -0.15) is 0 Å². The van der Waals surface area contributed by atoms with E-state index in [-0.39, 0.29) is 24.5 Å². The molecule has 0 bridgehead atoms. The maximum atomic E-state index is 11.5. The Morgan fingerprint density at radius 1 is 1.15 bits per heavy atom. The van der Waals surface area contributed by atoms with Gasteiger partial charge in [-0.25, -0.2) is 4.79 Å². The largest absolute Gasteiger partial charge is 0.480 e. The van der Waals surface area contributed by atoms with Gasteiger partial charge >= 0.3 is 5.97 Å². The number of rotatable bonds is 10. The van der Waals surface area contributed by atoms with Crippen molar-refractivity contribution >= 4 is 17.7 Å². The number of Topliss-reactive ketones (excluding diaryl/α,β-unsaturated/α-hetero) is 1. The van der Waals surface area contributed by atoms with Crippen LogP contribution in [0.3, 0.4) is 0 Å². The summed E-state index contributed by atoms with van der Waals surface area (Å²) >= 11 is 0. The summed E-state index contributed by atoms with van der Waals surface area (Å²) in [5, 5.41) is 26.5. The number of carbonyl (C=O) groups excluding carboxylic acids is 2. The van der Waals surface area contributed by atoms with Crippen LogP contribution in [0.25, 0.3) is 0 Å². The van der Waals surface area contributed by atoms with Crippen LogP contribution >= 0.6 is 0 Å². The van der Waals surface area contributed by atoms with Crippen LogP contribution in [0.5, 0.6) is 0 Å². The third-order valence-corrected chi connectivity index (χ3v) is 4.96. The Kier molecular flexibility index (Phi) is 19.6. The molecule has 0 spiro atoms. The molecular formula is C25H42N2O6. The van der Waals surface area contributed by atoms with Crippen LogP contribution in [0.15, 0.2) is 36.0 Å². The minimum Gasteiger partial charge on any atom is -0.480 e. The maximum Gasteiger partial charge on any atom is 0.326 e. The van der Waals surface area contributed by atoms with E-state index in [0.717, 1.165) is 12.7 Å². The van der Waals surface area contributed by atoms with E-state index in [1.807, 2.05) is 45.9 Å². The Labute approximate surface area is 198 Å². The number of hydrogen-bond acceptors (Lipinski definition) is 6. The van der Waals surface area contributed by atoms with Crippen LogP contribution in [-0.4, -0.2) is 52.2 Å². The summed E-state index contributed by atoms with van der Waals surface area (Å²) in [4.78, 5) is 33.7. The zero-order valence-electron chi connectivity index (χ0n) is 21.2. The number of amides is 1. The van der Waals surface area contributed by atoms with Gasteiger partial charge < -0.3 is 26.4 Å². The van der Waals surface area contributed by atoms with Crippen molar-refractivity contribution in [2.24, 2.45) is 17.1 Å². The molecule has 0 heterocycles. The summed E-state index contributed by atoms with van der Waals surface area (Å²) in [6.45, 7) is 16.9. The van der Waals surface area contributed by atoms with E-state index in [2.05, 4.69) is 17.8 Å². The minimum absolute atomic E-state index is 0.0679. The summed E-state index contributed by atoms with van der Waals surface area (Å²) in [5.74, 6) is 0.754. The summed E-state index contributed by atoms with van der Waals surface area (Å²) in [6, 6.07) is -1.77. The van der Waals surface area contributed by atoms with E-state index in [1.165, 1.54) is 5.57 Å². The van der Waals surface area contributed by atoms with Crippen molar-refractivity contribution in [1.82, 2.24) is 5.32 Å². The first kappa shape index (κ1) is 34.7. The lowest BCUT2D eigenvalue weighted by Crippen LogP contribution is -2.50. The molecule has 188 valence electrons. The number of carboxylic acids is 1. The summed E-state index contributed by atoms with van der Waals surface area (Å²) < 4.78 is 0.